The number of alkyl halides is 3. The van der Waals surface area contributed by atoms with Crippen LogP contribution in [0.4, 0.5) is 23.2 Å². The maximum Gasteiger partial charge on any atom is 0.418 e. The van der Waals surface area contributed by atoms with E-state index in [1.54, 1.807) is 6.92 Å². The van der Waals surface area contributed by atoms with Gasteiger partial charge >= 0.3 is 6.18 Å². The Morgan fingerprint density at radius 1 is 1.43 bits per heavy atom. The second-order valence-corrected chi connectivity index (χ2v) is 5.88. The van der Waals surface area contributed by atoms with Crippen LogP contribution in [0.1, 0.15) is 18.9 Å². The molecule has 1 amide bonds. The summed E-state index contributed by atoms with van der Waals surface area (Å²) in [5.74, 6) is -1.04. The molecule has 0 saturated carbocycles. The van der Waals surface area contributed by atoms with E-state index in [1.807, 2.05) is 0 Å². The molecule has 1 heterocycles. The number of rotatable bonds is 3. The first kappa shape index (κ1) is 17.7. The quantitative estimate of drug-likeness (QED) is 0.835. The van der Waals surface area contributed by atoms with Gasteiger partial charge in [-0.2, -0.15) is 13.2 Å². The first-order valence-electron chi connectivity index (χ1n) is 7.14. The number of likely N-dealkylation sites (tertiary alicyclic amines) is 1. The molecule has 0 aliphatic carbocycles. The van der Waals surface area contributed by atoms with Gasteiger partial charge in [0.25, 0.3) is 0 Å². The van der Waals surface area contributed by atoms with Crippen molar-refractivity contribution < 1.29 is 27.5 Å². The maximum absolute atomic E-state index is 13.4. The van der Waals surface area contributed by atoms with Crippen molar-refractivity contribution in [1.82, 2.24) is 4.90 Å². The van der Waals surface area contributed by atoms with Crippen LogP contribution in [0.5, 0.6) is 0 Å². The SMILES string of the molecule is Cc1ccc(NC(=O)C(C)N2CCC(O)(C(F)(F)F)C2)cc1F. The monoisotopic (exact) mass is 334 g/mol. The molecule has 0 bridgehead atoms. The highest BCUT2D eigenvalue weighted by Gasteiger charge is 2.57. The Hall–Kier alpha value is -1.67. The predicted molar refractivity (Wildman–Crippen MR) is 76.4 cm³/mol. The Morgan fingerprint density at radius 2 is 2.09 bits per heavy atom. The smallest absolute Gasteiger partial charge is 0.379 e. The van der Waals surface area contributed by atoms with E-state index >= 15 is 0 Å². The molecule has 0 spiro atoms. The standard InChI is InChI=1S/C15H18F4N2O2/c1-9-3-4-11(7-12(9)16)20-13(22)10(2)21-6-5-14(23,8-21)15(17,18)19/h3-4,7,10,23H,5-6,8H2,1-2H3,(H,20,22). The fourth-order valence-electron chi connectivity index (χ4n) is 2.47. The molecule has 4 nitrogen and oxygen atoms in total. The average Bonchev–Trinajstić information content (AvgIpc) is 2.85. The fraction of sp³-hybridized carbons (Fsp3) is 0.533. The van der Waals surface area contributed by atoms with Crippen LogP contribution in [0.25, 0.3) is 0 Å². The zero-order chi connectivity index (χ0) is 17.4. The zero-order valence-electron chi connectivity index (χ0n) is 12.7. The predicted octanol–water partition coefficient (Wildman–Crippen LogP) is 2.46. The molecule has 1 saturated heterocycles. The number of β-amino-alcohol motifs (C(OH)–C–C–N with tert-alkyl or cyclic N) is 1. The number of hydrogen-bond acceptors (Lipinski definition) is 3. The summed E-state index contributed by atoms with van der Waals surface area (Å²) >= 11 is 0. The Morgan fingerprint density at radius 3 is 2.61 bits per heavy atom. The zero-order valence-corrected chi connectivity index (χ0v) is 12.7. The largest absolute Gasteiger partial charge is 0.418 e. The average molecular weight is 334 g/mol. The van der Waals surface area contributed by atoms with Crippen molar-refractivity contribution in [2.75, 3.05) is 18.4 Å². The molecule has 2 atom stereocenters. The van der Waals surface area contributed by atoms with Crippen molar-refractivity contribution in [2.24, 2.45) is 0 Å². The highest BCUT2D eigenvalue weighted by molar-refractivity contribution is 5.94. The van der Waals surface area contributed by atoms with Crippen molar-refractivity contribution in [3.8, 4) is 0 Å². The van der Waals surface area contributed by atoms with E-state index in [4.69, 9.17) is 0 Å². The van der Waals surface area contributed by atoms with Gasteiger partial charge in [0.05, 0.1) is 6.04 Å². The fourth-order valence-corrected chi connectivity index (χ4v) is 2.47. The van der Waals surface area contributed by atoms with Gasteiger partial charge in [0, 0.05) is 18.8 Å². The Kier molecular flexibility index (Phi) is 4.68. The van der Waals surface area contributed by atoms with Gasteiger partial charge in [-0.05, 0) is 38.0 Å². The molecule has 2 rings (SSSR count). The molecule has 1 aromatic carbocycles. The van der Waals surface area contributed by atoms with Gasteiger partial charge in [-0.3, -0.25) is 9.69 Å². The van der Waals surface area contributed by atoms with Gasteiger partial charge in [-0.25, -0.2) is 4.39 Å². The third kappa shape index (κ3) is 3.64. The van der Waals surface area contributed by atoms with Crippen molar-refractivity contribution in [3.63, 3.8) is 0 Å². The van der Waals surface area contributed by atoms with Crippen molar-refractivity contribution >= 4 is 11.6 Å². The molecule has 128 valence electrons. The summed E-state index contributed by atoms with van der Waals surface area (Å²) in [5, 5.41) is 12.1. The molecule has 1 fully saturated rings. The highest BCUT2D eigenvalue weighted by Crippen LogP contribution is 2.38. The van der Waals surface area contributed by atoms with Gasteiger partial charge in [0.1, 0.15) is 5.82 Å². The number of aliphatic hydroxyl groups is 1. The van der Waals surface area contributed by atoms with Gasteiger partial charge in [0.15, 0.2) is 5.60 Å². The molecule has 1 aromatic rings. The lowest BCUT2D eigenvalue weighted by molar-refractivity contribution is -0.254. The molecule has 0 aromatic heterocycles. The van der Waals surface area contributed by atoms with Crippen LogP contribution in [0.2, 0.25) is 0 Å². The van der Waals surface area contributed by atoms with Crippen LogP contribution in [0, 0.1) is 12.7 Å². The third-order valence-corrected chi connectivity index (χ3v) is 4.17. The minimum Gasteiger partial charge on any atom is -0.379 e. The van der Waals surface area contributed by atoms with E-state index in [1.165, 1.54) is 24.0 Å². The molecule has 0 radical (unpaired) electrons. The van der Waals surface area contributed by atoms with Crippen LogP contribution in [0.3, 0.4) is 0 Å². The highest BCUT2D eigenvalue weighted by atomic mass is 19.4. The number of benzene rings is 1. The van der Waals surface area contributed by atoms with Crippen LogP contribution in [-0.2, 0) is 4.79 Å². The first-order chi connectivity index (χ1) is 10.5. The Balaban J connectivity index is 2.02. The molecule has 1 aliphatic heterocycles. The summed E-state index contributed by atoms with van der Waals surface area (Å²) in [4.78, 5) is 13.4. The van der Waals surface area contributed by atoms with Gasteiger partial charge < -0.3 is 10.4 Å². The summed E-state index contributed by atoms with van der Waals surface area (Å²) in [6, 6.07) is 3.28. The van der Waals surface area contributed by atoms with Crippen LogP contribution >= 0.6 is 0 Å². The van der Waals surface area contributed by atoms with Crippen LogP contribution < -0.4 is 5.32 Å². The molecular weight excluding hydrogens is 316 g/mol. The third-order valence-electron chi connectivity index (χ3n) is 4.17. The summed E-state index contributed by atoms with van der Waals surface area (Å²) in [5.41, 5.74) is -2.14. The molecule has 1 aliphatic rings. The number of carbonyl (C=O) groups excluding carboxylic acids is 1. The first-order valence-corrected chi connectivity index (χ1v) is 7.14. The number of aryl methyl sites for hydroxylation is 1. The van der Waals surface area contributed by atoms with Crippen molar-refractivity contribution in [2.45, 2.75) is 38.1 Å². The lowest BCUT2D eigenvalue weighted by Gasteiger charge is -2.28. The van der Waals surface area contributed by atoms with E-state index in [0.717, 1.165) is 6.07 Å². The molecular formula is C15H18F4N2O2. The Bertz CT molecular complexity index is 606. The number of halogens is 4. The van der Waals surface area contributed by atoms with E-state index in [0.29, 0.717) is 5.56 Å². The van der Waals surface area contributed by atoms with Gasteiger partial charge in [-0.1, -0.05) is 6.07 Å². The molecule has 8 heteroatoms. The topological polar surface area (TPSA) is 52.6 Å². The number of hydrogen-bond donors (Lipinski definition) is 2. The minimum absolute atomic E-state index is 0.0488. The Labute approximate surface area is 131 Å². The van der Waals surface area contributed by atoms with E-state index in [2.05, 4.69) is 5.32 Å². The number of carbonyl (C=O) groups is 1. The van der Waals surface area contributed by atoms with Crippen LogP contribution in [0.15, 0.2) is 18.2 Å². The molecule has 2 unspecified atom stereocenters. The second-order valence-electron chi connectivity index (χ2n) is 5.88. The number of anilines is 1. The van der Waals surface area contributed by atoms with Crippen molar-refractivity contribution in [3.05, 3.63) is 29.6 Å². The van der Waals surface area contributed by atoms with Gasteiger partial charge in [0.2, 0.25) is 5.91 Å². The maximum atomic E-state index is 13.4. The summed E-state index contributed by atoms with van der Waals surface area (Å²) in [7, 11) is 0. The van der Waals surface area contributed by atoms with Crippen molar-refractivity contribution in [1.29, 1.82) is 0 Å². The lowest BCUT2D eigenvalue weighted by Crippen LogP contribution is -2.49. The van der Waals surface area contributed by atoms with E-state index < -0.39 is 42.5 Å². The van der Waals surface area contributed by atoms with Crippen LogP contribution in [-0.4, -0.2) is 46.8 Å². The summed E-state index contributed by atoms with van der Waals surface area (Å²) < 4.78 is 51.8. The molecule has 2 N–H and O–H groups in total. The number of nitrogens with one attached hydrogen (secondary N) is 1. The second kappa shape index (κ2) is 6.09. The number of nitrogens with zero attached hydrogens (tertiary/aromatic N) is 1. The molecule has 23 heavy (non-hydrogen) atoms. The van der Waals surface area contributed by atoms with Gasteiger partial charge in [-0.15, -0.1) is 0 Å². The summed E-state index contributed by atoms with van der Waals surface area (Å²) in [6.07, 6.45) is -5.22. The summed E-state index contributed by atoms with van der Waals surface area (Å²) in [6.45, 7) is 2.31. The van der Waals surface area contributed by atoms with E-state index in [-0.39, 0.29) is 12.2 Å². The number of amides is 1. The normalized spacial score (nSPS) is 23.8. The van der Waals surface area contributed by atoms with E-state index in [9.17, 15) is 27.5 Å². The lowest BCUT2D eigenvalue weighted by atomic mass is 10.0. The minimum atomic E-state index is -4.74.